The molecular weight excluding hydrogens is 154 g/mol. The molecule has 0 radical (unpaired) electrons. The van der Waals surface area contributed by atoms with Crippen molar-refractivity contribution in [1.29, 1.82) is 0 Å². The normalized spacial score (nSPS) is 9.42. The number of phenols is 1. The van der Waals surface area contributed by atoms with Gasteiger partial charge in [-0.15, -0.1) is 0 Å². The molecule has 12 heavy (non-hydrogen) atoms. The van der Waals surface area contributed by atoms with Gasteiger partial charge in [-0.3, -0.25) is 4.79 Å². The first-order chi connectivity index (χ1) is 5.75. The summed E-state index contributed by atoms with van der Waals surface area (Å²) >= 11 is 0. The number of amides is 1. The number of aryl methyl sites for hydroxylation is 1. The number of phenolic OH excluding ortho intramolecular Hbond substituents is 1. The van der Waals surface area contributed by atoms with Crippen molar-refractivity contribution in [2.24, 2.45) is 0 Å². The zero-order valence-corrected chi connectivity index (χ0v) is 6.87. The third kappa shape index (κ3) is 1.75. The molecule has 0 unspecified atom stereocenters. The van der Waals surface area contributed by atoms with E-state index < -0.39 is 0 Å². The first kappa shape index (κ1) is 8.59. The Kier molecular flexibility index (Phi) is 2.69. The highest BCUT2D eigenvalue weighted by Gasteiger charge is 2.01. The van der Waals surface area contributed by atoms with E-state index in [1.54, 1.807) is 6.07 Å². The molecule has 0 aliphatic carbocycles. The van der Waals surface area contributed by atoms with E-state index in [1.807, 2.05) is 19.1 Å². The predicted molar refractivity (Wildman–Crippen MR) is 45.7 cm³/mol. The summed E-state index contributed by atoms with van der Waals surface area (Å²) in [5, 5.41) is 12.0. The molecule has 3 nitrogen and oxygen atoms in total. The Balaban J connectivity index is 2.84. The predicted octanol–water partition coefficient (Wildman–Crippen LogP) is 0.947. The van der Waals surface area contributed by atoms with Crippen molar-refractivity contribution in [2.75, 3.05) is 0 Å². The first-order valence-electron chi connectivity index (χ1n) is 3.70. The number of aromatic hydroxyl groups is 1. The van der Waals surface area contributed by atoms with Crippen molar-refractivity contribution < 1.29 is 9.90 Å². The minimum atomic E-state index is 0.256. The number of hydrogen-bond acceptors (Lipinski definition) is 2. The Morgan fingerprint density at radius 2 is 2.33 bits per heavy atom. The topological polar surface area (TPSA) is 49.3 Å². The van der Waals surface area contributed by atoms with E-state index in [0.717, 1.165) is 11.1 Å². The van der Waals surface area contributed by atoms with Crippen LogP contribution in [0.4, 0.5) is 0 Å². The summed E-state index contributed by atoms with van der Waals surface area (Å²) in [6.07, 6.45) is 0.613. The average molecular weight is 165 g/mol. The molecule has 1 amide bonds. The molecule has 64 valence electrons. The van der Waals surface area contributed by atoms with Gasteiger partial charge in [0.15, 0.2) is 0 Å². The lowest BCUT2D eigenvalue weighted by molar-refractivity contribution is -0.109. The Bertz CT molecular complexity index is 284. The fourth-order valence-electron chi connectivity index (χ4n) is 1.01. The van der Waals surface area contributed by atoms with Gasteiger partial charge >= 0.3 is 0 Å². The molecule has 0 aromatic heterocycles. The lowest BCUT2D eigenvalue weighted by atomic mass is 10.1. The number of benzene rings is 1. The maximum atomic E-state index is 9.98. The molecule has 1 aromatic rings. The number of carbonyl (C=O) groups excluding carboxylic acids is 1. The largest absolute Gasteiger partial charge is 0.507 e. The van der Waals surface area contributed by atoms with E-state index in [4.69, 9.17) is 0 Å². The molecule has 2 N–H and O–H groups in total. The summed E-state index contributed by atoms with van der Waals surface area (Å²) in [5.74, 6) is 0.256. The van der Waals surface area contributed by atoms with Gasteiger partial charge in [0.25, 0.3) is 0 Å². The second-order valence-electron chi connectivity index (χ2n) is 2.58. The number of nitrogens with one attached hydrogen (secondary N) is 1. The highest BCUT2D eigenvalue weighted by Crippen LogP contribution is 2.20. The summed E-state index contributed by atoms with van der Waals surface area (Å²) < 4.78 is 0. The summed E-state index contributed by atoms with van der Waals surface area (Å²) in [4.78, 5) is 9.98. The van der Waals surface area contributed by atoms with Crippen LogP contribution in [0.25, 0.3) is 0 Å². The van der Waals surface area contributed by atoms with E-state index in [0.29, 0.717) is 13.0 Å². The van der Waals surface area contributed by atoms with Crippen molar-refractivity contribution >= 4 is 6.41 Å². The van der Waals surface area contributed by atoms with Gasteiger partial charge in [-0.1, -0.05) is 18.2 Å². The SMILES string of the molecule is Cc1cccc(CNC=O)c1O. The Hall–Kier alpha value is -1.51. The van der Waals surface area contributed by atoms with Gasteiger partial charge < -0.3 is 10.4 Å². The zero-order chi connectivity index (χ0) is 8.97. The molecule has 0 saturated carbocycles. The smallest absolute Gasteiger partial charge is 0.207 e. The number of para-hydroxylation sites is 1. The molecule has 1 rings (SSSR count). The van der Waals surface area contributed by atoms with E-state index >= 15 is 0 Å². The van der Waals surface area contributed by atoms with Crippen LogP contribution in [0.5, 0.6) is 5.75 Å². The molecule has 1 aromatic carbocycles. The third-order valence-corrected chi connectivity index (χ3v) is 1.70. The molecule has 0 aliphatic rings. The second-order valence-corrected chi connectivity index (χ2v) is 2.58. The van der Waals surface area contributed by atoms with Crippen molar-refractivity contribution in [1.82, 2.24) is 5.32 Å². The Labute approximate surface area is 71.0 Å². The highest BCUT2D eigenvalue weighted by molar-refractivity contribution is 5.48. The van der Waals surface area contributed by atoms with Crippen molar-refractivity contribution in [2.45, 2.75) is 13.5 Å². The van der Waals surface area contributed by atoms with Crippen LogP contribution in [0.3, 0.4) is 0 Å². The van der Waals surface area contributed by atoms with E-state index in [-0.39, 0.29) is 5.75 Å². The van der Waals surface area contributed by atoms with E-state index in [1.165, 1.54) is 0 Å². The first-order valence-corrected chi connectivity index (χ1v) is 3.70. The molecule has 0 atom stereocenters. The third-order valence-electron chi connectivity index (χ3n) is 1.70. The minimum absolute atomic E-state index is 0.256. The van der Waals surface area contributed by atoms with Gasteiger partial charge in [0.05, 0.1) is 0 Å². The monoisotopic (exact) mass is 165 g/mol. The van der Waals surface area contributed by atoms with Gasteiger partial charge in [-0.2, -0.15) is 0 Å². The van der Waals surface area contributed by atoms with Crippen molar-refractivity contribution in [3.63, 3.8) is 0 Å². The lowest BCUT2D eigenvalue weighted by Gasteiger charge is -2.05. The second kappa shape index (κ2) is 3.76. The number of rotatable bonds is 3. The van der Waals surface area contributed by atoms with Crippen LogP contribution < -0.4 is 5.32 Å². The van der Waals surface area contributed by atoms with Crippen LogP contribution in [0.15, 0.2) is 18.2 Å². The van der Waals surface area contributed by atoms with Crippen molar-refractivity contribution in [3.05, 3.63) is 29.3 Å². The quantitative estimate of drug-likeness (QED) is 0.655. The van der Waals surface area contributed by atoms with E-state index in [2.05, 4.69) is 5.32 Å². The molecule has 0 spiro atoms. The molecular formula is C9H11NO2. The number of hydrogen-bond donors (Lipinski definition) is 2. The summed E-state index contributed by atoms with van der Waals surface area (Å²) in [7, 11) is 0. The van der Waals surface area contributed by atoms with Gasteiger partial charge in [0.2, 0.25) is 6.41 Å². The number of carbonyl (C=O) groups is 1. The molecule has 0 heterocycles. The molecule has 0 bridgehead atoms. The Morgan fingerprint density at radius 1 is 1.58 bits per heavy atom. The summed E-state index contributed by atoms with van der Waals surface area (Å²) in [5.41, 5.74) is 1.56. The minimum Gasteiger partial charge on any atom is -0.507 e. The molecule has 0 aliphatic heterocycles. The van der Waals surface area contributed by atoms with Crippen LogP contribution in [0, 0.1) is 6.92 Å². The van der Waals surface area contributed by atoms with Crippen LogP contribution >= 0.6 is 0 Å². The van der Waals surface area contributed by atoms with Gasteiger partial charge in [-0.25, -0.2) is 0 Å². The molecule has 0 saturated heterocycles. The molecule has 3 heteroatoms. The fraction of sp³-hybridized carbons (Fsp3) is 0.222. The van der Waals surface area contributed by atoms with Crippen LogP contribution in [-0.4, -0.2) is 11.5 Å². The maximum Gasteiger partial charge on any atom is 0.207 e. The average Bonchev–Trinajstić information content (AvgIpc) is 2.08. The lowest BCUT2D eigenvalue weighted by Crippen LogP contribution is -2.09. The van der Waals surface area contributed by atoms with Crippen molar-refractivity contribution in [3.8, 4) is 5.75 Å². The summed E-state index contributed by atoms with van der Waals surface area (Å²) in [6, 6.07) is 5.44. The van der Waals surface area contributed by atoms with Crippen LogP contribution in [0.2, 0.25) is 0 Å². The maximum absolute atomic E-state index is 9.98. The standard InChI is InChI=1S/C9H11NO2/c1-7-3-2-4-8(9(7)12)5-10-6-11/h2-4,6,12H,5H2,1H3,(H,10,11). The zero-order valence-electron chi connectivity index (χ0n) is 6.87. The van der Waals surface area contributed by atoms with Gasteiger partial charge in [0, 0.05) is 12.1 Å². The molecule has 0 fully saturated rings. The van der Waals surface area contributed by atoms with Crippen LogP contribution in [0.1, 0.15) is 11.1 Å². The van der Waals surface area contributed by atoms with E-state index in [9.17, 15) is 9.90 Å². The van der Waals surface area contributed by atoms with Crippen LogP contribution in [-0.2, 0) is 11.3 Å². The Morgan fingerprint density at radius 3 is 3.00 bits per heavy atom. The van der Waals surface area contributed by atoms with Gasteiger partial charge in [-0.05, 0) is 12.5 Å². The summed E-state index contributed by atoms with van der Waals surface area (Å²) in [6.45, 7) is 2.19. The van der Waals surface area contributed by atoms with Gasteiger partial charge in [0.1, 0.15) is 5.75 Å². The highest BCUT2D eigenvalue weighted by atomic mass is 16.3. The fourth-order valence-corrected chi connectivity index (χ4v) is 1.01.